The average molecular weight is 218 g/mol. The fourth-order valence-corrected chi connectivity index (χ4v) is 1.12. The van der Waals surface area contributed by atoms with E-state index < -0.39 is 18.0 Å². The van der Waals surface area contributed by atoms with Crippen LogP contribution in [0.2, 0.25) is 0 Å². The molecule has 0 spiro atoms. The zero-order valence-electron chi connectivity index (χ0n) is 8.99. The molecular weight excluding hydrogens is 200 g/mol. The summed E-state index contributed by atoms with van der Waals surface area (Å²) in [6.07, 6.45) is -0.531. The number of hydrogen-bond donors (Lipinski definition) is 4. The second kappa shape index (κ2) is 7.05. The van der Waals surface area contributed by atoms with Gasteiger partial charge in [0.15, 0.2) is 0 Å². The second-order valence-electron chi connectivity index (χ2n) is 3.33. The predicted molar refractivity (Wildman–Crippen MR) is 54.5 cm³/mol. The lowest BCUT2D eigenvalue weighted by Gasteiger charge is -2.21. The molecule has 0 radical (unpaired) electrons. The Kier molecular flexibility index (Phi) is 6.44. The topological polar surface area (TPSA) is 98.7 Å². The molecule has 0 aromatic heterocycles. The van der Waals surface area contributed by atoms with Crippen LogP contribution in [0, 0.1) is 5.92 Å². The number of hydrogen-bond acceptors (Lipinski definition) is 3. The summed E-state index contributed by atoms with van der Waals surface area (Å²) in [6.45, 7) is 3.64. The zero-order chi connectivity index (χ0) is 11.8. The molecule has 0 rings (SSSR count). The number of carboxylic acid groups (broad SMARTS) is 1. The quantitative estimate of drug-likeness (QED) is 0.495. The first kappa shape index (κ1) is 13.7. The first-order valence-corrected chi connectivity index (χ1v) is 4.91. The molecule has 2 amide bonds. The van der Waals surface area contributed by atoms with Crippen LogP contribution in [0.4, 0.5) is 4.79 Å². The van der Waals surface area contributed by atoms with Crippen LogP contribution in [-0.4, -0.2) is 41.4 Å². The molecule has 6 heteroatoms. The summed E-state index contributed by atoms with van der Waals surface area (Å²) in [6, 6.07) is -0.765. The molecule has 15 heavy (non-hydrogen) atoms. The fourth-order valence-electron chi connectivity index (χ4n) is 1.12. The standard InChI is InChI=1S/C9H18N2O4/c1-3-6(2)7(11-9(14)15)8(13)10-4-5-12/h6-7,11-12H,3-5H2,1-2H3,(H,10,13)(H,14,15). The largest absolute Gasteiger partial charge is 0.465 e. The van der Waals surface area contributed by atoms with Gasteiger partial charge in [-0.2, -0.15) is 0 Å². The van der Waals surface area contributed by atoms with Gasteiger partial charge < -0.3 is 20.8 Å². The molecule has 0 aliphatic heterocycles. The predicted octanol–water partition coefficient (Wildman–Crippen LogP) is -0.223. The van der Waals surface area contributed by atoms with Crippen molar-refractivity contribution in [3.63, 3.8) is 0 Å². The van der Waals surface area contributed by atoms with Gasteiger partial charge in [-0.25, -0.2) is 4.79 Å². The van der Waals surface area contributed by atoms with Crippen molar-refractivity contribution in [2.45, 2.75) is 26.3 Å². The summed E-state index contributed by atoms with van der Waals surface area (Å²) in [5.41, 5.74) is 0. The van der Waals surface area contributed by atoms with Gasteiger partial charge in [0.25, 0.3) is 0 Å². The highest BCUT2D eigenvalue weighted by Gasteiger charge is 2.25. The van der Waals surface area contributed by atoms with E-state index in [-0.39, 0.29) is 19.1 Å². The van der Waals surface area contributed by atoms with Crippen LogP contribution >= 0.6 is 0 Å². The lowest BCUT2D eigenvalue weighted by molar-refractivity contribution is -0.124. The van der Waals surface area contributed by atoms with Gasteiger partial charge in [0.1, 0.15) is 6.04 Å². The van der Waals surface area contributed by atoms with Crippen molar-refractivity contribution in [2.75, 3.05) is 13.2 Å². The van der Waals surface area contributed by atoms with Gasteiger partial charge >= 0.3 is 6.09 Å². The van der Waals surface area contributed by atoms with Gasteiger partial charge in [0.2, 0.25) is 5.91 Å². The van der Waals surface area contributed by atoms with E-state index in [0.29, 0.717) is 6.42 Å². The van der Waals surface area contributed by atoms with Crippen molar-refractivity contribution in [2.24, 2.45) is 5.92 Å². The van der Waals surface area contributed by atoms with Crippen molar-refractivity contribution in [1.82, 2.24) is 10.6 Å². The van der Waals surface area contributed by atoms with E-state index in [0.717, 1.165) is 0 Å². The number of aliphatic hydroxyl groups is 1. The third kappa shape index (κ3) is 5.21. The van der Waals surface area contributed by atoms with Crippen molar-refractivity contribution in [3.8, 4) is 0 Å². The lowest BCUT2D eigenvalue weighted by atomic mass is 9.98. The maximum atomic E-state index is 11.5. The molecular formula is C9H18N2O4. The summed E-state index contributed by atoms with van der Waals surface area (Å²) < 4.78 is 0. The third-order valence-electron chi connectivity index (χ3n) is 2.19. The fraction of sp³-hybridized carbons (Fsp3) is 0.778. The van der Waals surface area contributed by atoms with Gasteiger partial charge in [0.05, 0.1) is 6.61 Å². The Morgan fingerprint density at radius 1 is 1.40 bits per heavy atom. The van der Waals surface area contributed by atoms with E-state index in [1.165, 1.54) is 0 Å². The molecule has 0 bridgehead atoms. The monoisotopic (exact) mass is 218 g/mol. The smallest absolute Gasteiger partial charge is 0.405 e. The van der Waals surface area contributed by atoms with Gasteiger partial charge in [0, 0.05) is 6.54 Å². The SMILES string of the molecule is CCC(C)C(NC(=O)O)C(=O)NCCO. The number of aliphatic hydroxyl groups excluding tert-OH is 1. The van der Waals surface area contributed by atoms with Crippen LogP contribution < -0.4 is 10.6 Å². The minimum atomic E-state index is -1.22. The van der Waals surface area contributed by atoms with E-state index in [1.54, 1.807) is 6.92 Å². The number of rotatable bonds is 6. The molecule has 2 unspecified atom stereocenters. The normalized spacial score (nSPS) is 14.1. The molecule has 0 heterocycles. The zero-order valence-corrected chi connectivity index (χ0v) is 8.99. The van der Waals surface area contributed by atoms with E-state index in [9.17, 15) is 9.59 Å². The Morgan fingerprint density at radius 2 is 2.00 bits per heavy atom. The molecule has 4 N–H and O–H groups in total. The second-order valence-corrected chi connectivity index (χ2v) is 3.33. The Labute approximate surface area is 88.7 Å². The maximum absolute atomic E-state index is 11.5. The van der Waals surface area contributed by atoms with Crippen LogP contribution in [0.1, 0.15) is 20.3 Å². The minimum absolute atomic E-state index is 0.0835. The summed E-state index contributed by atoms with van der Waals surface area (Å²) in [5.74, 6) is -0.486. The lowest BCUT2D eigenvalue weighted by Crippen LogP contribution is -2.50. The summed E-state index contributed by atoms with van der Waals surface area (Å²) >= 11 is 0. The molecule has 88 valence electrons. The minimum Gasteiger partial charge on any atom is -0.465 e. The van der Waals surface area contributed by atoms with Crippen LogP contribution in [-0.2, 0) is 4.79 Å². The van der Waals surface area contributed by atoms with Gasteiger partial charge in [-0.15, -0.1) is 0 Å². The van der Waals surface area contributed by atoms with Crippen LogP contribution in [0.15, 0.2) is 0 Å². The highest BCUT2D eigenvalue weighted by molar-refractivity contribution is 5.85. The van der Waals surface area contributed by atoms with Gasteiger partial charge in [-0.3, -0.25) is 4.79 Å². The molecule has 0 saturated carbocycles. The molecule has 0 aromatic carbocycles. The van der Waals surface area contributed by atoms with E-state index in [4.69, 9.17) is 10.2 Å². The molecule has 0 aliphatic carbocycles. The molecule has 0 fully saturated rings. The summed E-state index contributed by atoms with van der Waals surface area (Å²) in [4.78, 5) is 22.0. The van der Waals surface area contributed by atoms with Crippen molar-refractivity contribution in [3.05, 3.63) is 0 Å². The maximum Gasteiger partial charge on any atom is 0.405 e. The Bertz CT molecular complexity index is 220. The molecule has 6 nitrogen and oxygen atoms in total. The van der Waals surface area contributed by atoms with E-state index in [1.807, 2.05) is 6.92 Å². The average Bonchev–Trinajstić information content (AvgIpc) is 2.21. The first-order valence-electron chi connectivity index (χ1n) is 4.91. The summed E-state index contributed by atoms with van der Waals surface area (Å²) in [7, 11) is 0. The number of amides is 2. The van der Waals surface area contributed by atoms with E-state index in [2.05, 4.69) is 10.6 Å². The third-order valence-corrected chi connectivity index (χ3v) is 2.19. The number of carbonyl (C=O) groups excluding carboxylic acids is 1. The van der Waals surface area contributed by atoms with Crippen LogP contribution in [0.5, 0.6) is 0 Å². The Balaban J connectivity index is 4.33. The number of carbonyl (C=O) groups is 2. The van der Waals surface area contributed by atoms with Crippen LogP contribution in [0.25, 0.3) is 0 Å². The molecule has 0 aliphatic rings. The van der Waals surface area contributed by atoms with Crippen molar-refractivity contribution >= 4 is 12.0 Å². The molecule has 2 atom stereocenters. The van der Waals surface area contributed by atoms with Gasteiger partial charge in [-0.05, 0) is 5.92 Å². The highest BCUT2D eigenvalue weighted by Crippen LogP contribution is 2.07. The van der Waals surface area contributed by atoms with E-state index >= 15 is 0 Å². The van der Waals surface area contributed by atoms with Crippen LogP contribution in [0.3, 0.4) is 0 Å². The Hall–Kier alpha value is -1.30. The summed E-state index contributed by atoms with van der Waals surface area (Å²) in [5, 5.41) is 21.7. The molecule has 0 aromatic rings. The number of nitrogens with one attached hydrogen (secondary N) is 2. The highest BCUT2D eigenvalue weighted by atomic mass is 16.4. The first-order chi connectivity index (χ1) is 7.02. The Morgan fingerprint density at radius 3 is 2.40 bits per heavy atom. The molecule has 0 saturated heterocycles. The van der Waals surface area contributed by atoms with Crippen molar-refractivity contribution in [1.29, 1.82) is 0 Å². The van der Waals surface area contributed by atoms with Gasteiger partial charge in [-0.1, -0.05) is 20.3 Å². The van der Waals surface area contributed by atoms with Crippen molar-refractivity contribution < 1.29 is 19.8 Å².